The molecule has 9 nitrogen and oxygen atoms in total. The molecule has 0 amide bonds. The summed E-state index contributed by atoms with van der Waals surface area (Å²) in [6.45, 7) is 4.64. The van der Waals surface area contributed by atoms with E-state index in [0.29, 0.717) is 29.7 Å². The maximum absolute atomic E-state index is 9.41. The predicted molar refractivity (Wildman–Crippen MR) is 106 cm³/mol. The maximum Gasteiger partial charge on any atom is 0.211 e. The highest BCUT2D eigenvalue weighted by molar-refractivity contribution is 5.98. The molecule has 1 aromatic heterocycles. The Morgan fingerprint density at radius 2 is 2.04 bits per heavy atom. The Bertz CT molecular complexity index is 1020. The van der Waals surface area contributed by atoms with Gasteiger partial charge in [-0.3, -0.25) is 5.32 Å². The van der Waals surface area contributed by atoms with Crippen LogP contribution < -0.4 is 26.8 Å². The van der Waals surface area contributed by atoms with E-state index < -0.39 is 6.04 Å². The second kappa shape index (κ2) is 7.72. The maximum atomic E-state index is 9.41. The molecule has 0 spiro atoms. The van der Waals surface area contributed by atoms with Gasteiger partial charge in [-0.05, 0) is 12.0 Å². The molecule has 0 saturated carbocycles. The smallest absolute Gasteiger partial charge is 0.211 e. The van der Waals surface area contributed by atoms with Crippen LogP contribution in [0.1, 0.15) is 36.6 Å². The van der Waals surface area contributed by atoms with Gasteiger partial charge in [-0.2, -0.15) is 10.5 Å². The third-order valence-corrected chi connectivity index (χ3v) is 4.14. The molecule has 142 valence electrons. The summed E-state index contributed by atoms with van der Waals surface area (Å²) >= 11 is 0. The molecule has 0 fully saturated rings. The number of nitrogen functional groups attached to an aromatic ring is 2. The van der Waals surface area contributed by atoms with Crippen molar-refractivity contribution in [1.82, 2.24) is 10.3 Å². The van der Waals surface area contributed by atoms with E-state index in [1.807, 2.05) is 36.5 Å². The topological polar surface area (TPSA) is 158 Å². The molecule has 28 heavy (non-hydrogen) atoms. The van der Waals surface area contributed by atoms with Crippen molar-refractivity contribution in [2.24, 2.45) is 10.9 Å². The lowest BCUT2D eigenvalue weighted by molar-refractivity contribution is 0.268. The molecule has 2 aromatic rings. The lowest BCUT2D eigenvalue weighted by Crippen LogP contribution is -2.33. The summed E-state index contributed by atoms with van der Waals surface area (Å²) < 4.78 is 5.96. The number of nitrogens with one attached hydrogen (secondary N) is 2. The number of rotatable bonds is 4. The highest BCUT2D eigenvalue weighted by Gasteiger charge is 2.31. The third kappa shape index (κ3) is 3.46. The molecule has 6 N–H and O–H groups in total. The first-order valence-corrected chi connectivity index (χ1v) is 8.66. The van der Waals surface area contributed by atoms with Gasteiger partial charge in [0.25, 0.3) is 0 Å². The van der Waals surface area contributed by atoms with E-state index in [2.05, 4.69) is 34.5 Å². The normalized spacial score (nSPS) is 14.9. The molecule has 1 unspecified atom stereocenters. The number of nitrogens with two attached hydrogens (primary N) is 2. The minimum atomic E-state index is -0.629. The van der Waals surface area contributed by atoms with Crippen molar-refractivity contribution in [1.29, 1.82) is 10.5 Å². The van der Waals surface area contributed by atoms with Crippen LogP contribution in [0.15, 0.2) is 29.3 Å². The first-order chi connectivity index (χ1) is 13.5. The minimum Gasteiger partial charge on any atom is -0.493 e. The van der Waals surface area contributed by atoms with Gasteiger partial charge in [-0.1, -0.05) is 32.0 Å². The summed E-state index contributed by atoms with van der Waals surface area (Å²) in [4.78, 5) is 8.81. The Hall–Kier alpha value is -3.98. The number of ether oxygens (including phenoxy) is 1. The summed E-state index contributed by atoms with van der Waals surface area (Å²) in [5.74, 6) is 1.53. The monoisotopic (exact) mass is 376 g/mol. The van der Waals surface area contributed by atoms with Crippen LogP contribution in [-0.2, 0) is 0 Å². The van der Waals surface area contributed by atoms with Gasteiger partial charge in [0.1, 0.15) is 35.1 Å². The van der Waals surface area contributed by atoms with Gasteiger partial charge in [-0.25, -0.2) is 9.98 Å². The zero-order valence-corrected chi connectivity index (χ0v) is 15.5. The van der Waals surface area contributed by atoms with Crippen molar-refractivity contribution in [2.75, 3.05) is 23.4 Å². The van der Waals surface area contributed by atoms with Crippen LogP contribution in [0.25, 0.3) is 0 Å². The number of fused-ring (bicyclic) bond motifs is 1. The lowest BCUT2D eigenvalue weighted by atomic mass is 9.94. The molecule has 1 aromatic carbocycles. The van der Waals surface area contributed by atoms with Gasteiger partial charge in [0.15, 0.2) is 6.19 Å². The van der Waals surface area contributed by atoms with Gasteiger partial charge in [0, 0.05) is 11.1 Å². The molecule has 1 aliphatic heterocycles. The van der Waals surface area contributed by atoms with Gasteiger partial charge in [-0.15, -0.1) is 0 Å². The standard InChI is InChI=1S/C19H20N8O/c1-10(2)8-28-13-6-4-3-5-11(13)16-14-15(22)12(7-20)17(23)26-18(14)27-19(25-16)24-9-21/h3-6,10,16H,8H2,1-2H3,(H6,22,23,24,25,26,27). The fourth-order valence-corrected chi connectivity index (χ4v) is 2.90. The minimum absolute atomic E-state index is 0.00699. The van der Waals surface area contributed by atoms with Crippen molar-refractivity contribution in [3.8, 4) is 18.0 Å². The number of para-hydroxylation sites is 1. The Morgan fingerprint density at radius 3 is 2.71 bits per heavy atom. The fraction of sp³-hybridized carbons (Fsp3) is 0.263. The van der Waals surface area contributed by atoms with E-state index in [4.69, 9.17) is 21.5 Å². The first kappa shape index (κ1) is 18.8. The van der Waals surface area contributed by atoms with Crippen molar-refractivity contribution in [2.45, 2.75) is 19.9 Å². The van der Waals surface area contributed by atoms with E-state index in [1.54, 1.807) is 0 Å². The number of hydrogen-bond acceptors (Lipinski definition) is 9. The molecule has 1 aliphatic rings. The van der Waals surface area contributed by atoms with Crippen LogP contribution in [0.4, 0.5) is 17.3 Å². The number of guanidine groups is 1. The number of benzene rings is 1. The average molecular weight is 376 g/mol. The summed E-state index contributed by atoms with van der Waals surface area (Å²) in [6, 6.07) is 8.80. The van der Waals surface area contributed by atoms with Crippen LogP contribution in [0.2, 0.25) is 0 Å². The Labute approximate surface area is 162 Å². The molecule has 0 saturated heterocycles. The van der Waals surface area contributed by atoms with Crippen LogP contribution in [0.5, 0.6) is 5.75 Å². The van der Waals surface area contributed by atoms with Crippen molar-refractivity contribution in [3.63, 3.8) is 0 Å². The first-order valence-electron chi connectivity index (χ1n) is 8.66. The number of aliphatic imine (C=N–C) groups is 1. The fourth-order valence-electron chi connectivity index (χ4n) is 2.90. The van der Waals surface area contributed by atoms with Gasteiger partial charge < -0.3 is 21.5 Å². The largest absolute Gasteiger partial charge is 0.493 e. The van der Waals surface area contributed by atoms with Crippen LogP contribution in [-0.4, -0.2) is 17.6 Å². The van der Waals surface area contributed by atoms with Crippen molar-refractivity contribution in [3.05, 3.63) is 41.0 Å². The lowest BCUT2D eigenvalue weighted by Gasteiger charge is -2.27. The van der Waals surface area contributed by atoms with E-state index in [-0.39, 0.29) is 23.0 Å². The number of anilines is 3. The van der Waals surface area contributed by atoms with Crippen molar-refractivity contribution < 1.29 is 4.74 Å². The van der Waals surface area contributed by atoms with E-state index in [0.717, 1.165) is 5.56 Å². The SMILES string of the molecule is CC(C)COc1ccccc1C1N=C(NC#N)Nc2nc(N)c(C#N)c(N)c21. The van der Waals surface area contributed by atoms with Gasteiger partial charge in [0.2, 0.25) is 5.96 Å². The van der Waals surface area contributed by atoms with Crippen LogP contribution >= 0.6 is 0 Å². The van der Waals surface area contributed by atoms with E-state index in [1.165, 1.54) is 0 Å². The average Bonchev–Trinajstić information content (AvgIpc) is 2.66. The number of hydrogen-bond donors (Lipinski definition) is 4. The predicted octanol–water partition coefficient (Wildman–Crippen LogP) is 2.09. The summed E-state index contributed by atoms with van der Waals surface area (Å²) in [5, 5.41) is 23.8. The van der Waals surface area contributed by atoms with Crippen molar-refractivity contribution >= 4 is 23.3 Å². The number of nitriles is 2. The molecular weight excluding hydrogens is 356 g/mol. The molecule has 0 radical (unpaired) electrons. The Balaban J connectivity index is 2.19. The molecule has 3 rings (SSSR count). The van der Waals surface area contributed by atoms with E-state index >= 15 is 0 Å². The van der Waals surface area contributed by atoms with Gasteiger partial charge >= 0.3 is 0 Å². The quantitative estimate of drug-likeness (QED) is 0.466. The highest BCUT2D eigenvalue weighted by Crippen LogP contribution is 2.43. The second-order valence-corrected chi connectivity index (χ2v) is 6.64. The van der Waals surface area contributed by atoms with Crippen LogP contribution in [0, 0.1) is 28.7 Å². The number of pyridine rings is 1. The Kier molecular flexibility index (Phi) is 5.18. The highest BCUT2D eigenvalue weighted by atomic mass is 16.5. The molecule has 9 heteroatoms. The molecule has 0 aliphatic carbocycles. The van der Waals surface area contributed by atoms with Crippen LogP contribution in [0.3, 0.4) is 0 Å². The Morgan fingerprint density at radius 1 is 1.29 bits per heavy atom. The zero-order chi connectivity index (χ0) is 20.3. The molecule has 2 heterocycles. The summed E-state index contributed by atoms with van der Waals surface area (Å²) in [5.41, 5.74) is 13.7. The zero-order valence-electron chi connectivity index (χ0n) is 15.5. The number of aromatic nitrogens is 1. The van der Waals surface area contributed by atoms with Gasteiger partial charge in [0.05, 0.1) is 12.3 Å². The third-order valence-electron chi connectivity index (χ3n) is 4.14. The summed E-state index contributed by atoms with van der Waals surface area (Å²) in [7, 11) is 0. The number of nitrogens with zero attached hydrogens (tertiary/aromatic N) is 4. The van der Waals surface area contributed by atoms with E-state index in [9.17, 15) is 5.26 Å². The molecular formula is C19H20N8O. The second-order valence-electron chi connectivity index (χ2n) is 6.64. The molecule has 0 bridgehead atoms. The molecule has 1 atom stereocenters. The summed E-state index contributed by atoms with van der Waals surface area (Å²) in [6.07, 6.45) is 1.83.